The SMILES string of the molecule is O=S(=O)(c1ccncc1)C(Br)Br. The summed E-state index contributed by atoms with van der Waals surface area (Å²) in [5.74, 6) is 0. The van der Waals surface area contributed by atoms with Crippen LogP contribution >= 0.6 is 31.9 Å². The second kappa shape index (κ2) is 3.85. The fraction of sp³-hybridized carbons (Fsp3) is 0.167. The highest BCUT2D eigenvalue weighted by Crippen LogP contribution is 2.23. The molecule has 0 unspecified atom stereocenters. The van der Waals surface area contributed by atoms with Gasteiger partial charge < -0.3 is 0 Å². The lowest BCUT2D eigenvalue weighted by molar-refractivity contribution is 0.600. The molecule has 1 aromatic heterocycles. The number of nitrogens with zero attached hydrogens (tertiary/aromatic N) is 1. The van der Waals surface area contributed by atoms with E-state index in [1.165, 1.54) is 24.5 Å². The number of alkyl halides is 2. The van der Waals surface area contributed by atoms with E-state index in [1.807, 2.05) is 0 Å². The molecule has 0 spiro atoms. The fourth-order valence-electron chi connectivity index (χ4n) is 0.631. The Kier molecular flexibility index (Phi) is 3.25. The minimum atomic E-state index is -3.28. The fourth-order valence-corrected chi connectivity index (χ4v) is 2.63. The van der Waals surface area contributed by atoms with Crippen molar-refractivity contribution in [3.8, 4) is 0 Å². The molecule has 0 radical (unpaired) electrons. The van der Waals surface area contributed by atoms with Crippen LogP contribution in [-0.4, -0.2) is 16.5 Å². The summed E-state index contributed by atoms with van der Waals surface area (Å²) in [7, 11) is -3.28. The van der Waals surface area contributed by atoms with Gasteiger partial charge in [-0.25, -0.2) is 8.42 Å². The number of sulfone groups is 1. The third kappa shape index (κ3) is 2.05. The van der Waals surface area contributed by atoms with Crippen molar-refractivity contribution in [2.24, 2.45) is 0 Å². The van der Waals surface area contributed by atoms with Gasteiger partial charge in [-0.15, -0.1) is 0 Å². The van der Waals surface area contributed by atoms with Crippen molar-refractivity contribution in [3.05, 3.63) is 24.5 Å². The molecule has 0 aliphatic rings. The minimum absolute atomic E-state index is 0.247. The molecule has 0 bridgehead atoms. The van der Waals surface area contributed by atoms with Crippen LogP contribution in [0.2, 0.25) is 0 Å². The van der Waals surface area contributed by atoms with Crippen LogP contribution in [0, 0.1) is 0 Å². The van der Waals surface area contributed by atoms with Crippen LogP contribution in [0.1, 0.15) is 0 Å². The number of hydrogen-bond donors (Lipinski definition) is 0. The van der Waals surface area contributed by atoms with Crippen LogP contribution < -0.4 is 0 Å². The first-order chi connectivity index (χ1) is 5.55. The van der Waals surface area contributed by atoms with E-state index >= 15 is 0 Å². The average Bonchev–Trinajstić information content (AvgIpc) is 2.06. The Hall–Kier alpha value is 0.0600. The summed E-state index contributed by atoms with van der Waals surface area (Å²) in [6, 6.07) is 2.90. The van der Waals surface area contributed by atoms with Crippen LogP contribution in [0.5, 0.6) is 0 Å². The summed E-state index contributed by atoms with van der Waals surface area (Å²) in [6.07, 6.45) is 2.88. The lowest BCUT2D eigenvalue weighted by atomic mass is 10.5. The summed E-state index contributed by atoms with van der Waals surface area (Å²) in [4.78, 5) is 3.97. The Balaban J connectivity index is 3.17. The van der Waals surface area contributed by atoms with Gasteiger partial charge in [0.15, 0.2) is 3.07 Å². The molecule has 0 aliphatic heterocycles. The van der Waals surface area contributed by atoms with E-state index in [9.17, 15) is 8.42 Å². The van der Waals surface area contributed by atoms with E-state index < -0.39 is 12.9 Å². The second-order valence-electron chi connectivity index (χ2n) is 1.99. The van der Waals surface area contributed by atoms with Gasteiger partial charge in [-0.1, -0.05) is 31.9 Å². The van der Waals surface area contributed by atoms with Crippen LogP contribution in [0.3, 0.4) is 0 Å². The molecule has 0 saturated heterocycles. The number of aromatic nitrogens is 1. The van der Waals surface area contributed by atoms with Crippen molar-refractivity contribution in [1.82, 2.24) is 4.98 Å². The molecule has 1 heterocycles. The summed E-state index contributed by atoms with van der Waals surface area (Å²) in [5, 5.41) is 0. The standard InChI is InChI=1S/C6H5Br2NO2S/c7-6(8)12(10,11)5-1-3-9-4-2-5/h1-4,6H. The number of halogens is 2. The third-order valence-corrected chi connectivity index (χ3v) is 5.56. The summed E-state index contributed by atoms with van der Waals surface area (Å²) < 4.78 is 22.1. The maximum absolute atomic E-state index is 11.4. The lowest BCUT2D eigenvalue weighted by Gasteiger charge is -2.03. The molecule has 0 fully saturated rings. The minimum Gasteiger partial charge on any atom is -0.265 e. The predicted molar refractivity (Wildman–Crippen MR) is 53.1 cm³/mol. The first-order valence-electron chi connectivity index (χ1n) is 2.97. The maximum Gasteiger partial charge on any atom is 0.201 e. The molecular formula is C6H5Br2NO2S. The Bertz CT molecular complexity index is 349. The van der Waals surface area contributed by atoms with E-state index in [-0.39, 0.29) is 4.90 Å². The van der Waals surface area contributed by atoms with Gasteiger partial charge in [0.1, 0.15) is 0 Å². The zero-order chi connectivity index (χ0) is 9.19. The monoisotopic (exact) mass is 313 g/mol. The zero-order valence-electron chi connectivity index (χ0n) is 5.81. The van der Waals surface area contributed by atoms with Gasteiger partial charge >= 0.3 is 0 Å². The van der Waals surface area contributed by atoms with E-state index in [0.29, 0.717) is 0 Å². The van der Waals surface area contributed by atoms with Gasteiger partial charge in [0, 0.05) is 12.4 Å². The first-order valence-corrected chi connectivity index (χ1v) is 6.35. The summed E-state index contributed by atoms with van der Waals surface area (Å²) in [5.41, 5.74) is 0. The molecule has 6 heteroatoms. The molecule has 1 rings (SSSR count). The van der Waals surface area contributed by atoms with E-state index in [1.54, 1.807) is 0 Å². The molecule has 1 aromatic rings. The molecule has 0 aromatic carbocycles. The van der Waals surface area contributed by atoms with Gasteiger partial charge in [0.05, 0.1) is 4.90 Å². The van der Waals surface area contributed by atoms with Crippen molar-refractivity contribution in [1.29, 1.82) is 0 Å². The normalized spacial score (nSPS) is 11.9. The highest BCUT2D eigenvalue weighted by molar-refractivity contribution is 9.27. The molecule has 12 heavy (non-hydrogen) atoms. The lowest BCUT2D eigenvalue weighted by Crippen LogP contribution is -2.08. The van der Waals surface area contributed by atoms with E-state index in [4.69, 9.17) is 0 Å². The van der Waals surface area contributed by atoms with Crippen molar-refractivity contribution in [2.75, 3.05) is 0 Å². The average molecular weight is 315 g/mol. The van der Waals surface area contributed by atoms with E-state index in [2.05, 4.69) is 36.8 Å². The molecule has 0 N–H and O–H groups in total. The molecular weight excluding hydrogens is 310 g/mol. The van der Waals surface area contributed by atoms with Crippen molar-refractivity contribution in [2.45, 2.75) is 7.96 Å². The quantitative estimate of drug-likeness (QED) is 0.784. The van der Waals surface area contributed by atoms with Gasteiger partial charge in [0.25, 0.3) is 0 Å². The van der Waals surface area contributed by atoms with Crippen LogP contribution in [0.4, 0.5) is 0 Å². The zero-order valence-corrected chi connectivity index (χ0v) is 9.80. The Morgan fingerprint density at radius 1 is 1.25 bits per heavy atom. The Labute approximate surface area is 87.4 Å². The molecule has 0 aliphatic carbocycles. The highest BCUT2D eigenvalue weighted by atomic mass is 79.9. The van der Waals surface area contributed by atoms with Crippen molar-refractivity contribution >= 4 is 41.7 Å². The predicted octanol–water partition coefficient (Wildman–Crippen LogP) is 1.93. The van der Waals surface area contributed by atoms with E-state index in [0.717, 1.165) is 0 Å². The van der Waals surface area contributed by atoms with Gasteiger partial charge in [-0.05, 0) is 12.1 Å². The summed E-state index contributed by atoms with van der Waals surface area (Å²) >= 11 is 5.88. The molecule has 66 valence electrons. The second-order valence-corrected chi connectivity index (χ2v) is 8.29. The first kappa shape index (κ1) is 10.1. The largest absolute Gasteiger partial charge is 0.265 e. The van der Waals surface area contributed by atoms with Gasteiger partial charge in [-0.3, -0.25) is 4.98 Å². The number of pyridine rings is 1. The molecule has 0 saturated carbocycles. The molecule has 3 nitrogen and oxygen atoms in total. The highest BCUT2D eigenvalue weighted by Gasteiger charge is 2.21. The molecule has 0 amide bonds. The number of hydrogen-bond acceptors (Lipinski definition) is 3. The topological polar surface area (TPSA) is 47.0 Å². The van der Waals surface area contributed by atoms with Crippen LogP contribution in [-0.2, 0) is 9.84 Å². The van der Waals surface area contributed by atoms with Gasteiger partial charge in [0.2, 0.25) is 9.84 Å². The Morgan fingerprint density at radius 2 is 1.75 bits per heavy atom. The third-order valence-electron chi connectivity index (χ3n) is 1.21. The summed E-state index contributed by atoms with van der Waals surface area (Å²) in [6.45, 7) is 0. The maximum atomic E-state index is 11.4. The van der Waals surface area contributed by atoms with Crippen molar-refractivity contribution in [3.63, 3.8) is 0 Å². The Morgan fingerprint density at radius 3 is 2.17 bits per heavy atom. The smallest absolute Gasteiger partial charge is 0.201 e. The van der Waals surface area contributed by atoms with Crippen LogP contribution in [0.25, 0.3) is 0 Å². The van der Waals surface area contributed by atoms with Gasteiger partial charge in [-0.2, -0.15) is 0 Å². The molecule has 0 atom stereocenters. The number of rotatable bonds is 2. The van der Waals surface area contributed by atoms with Crippen LogP contribution in [0.15, 0.2) is 29.4 Å². The van der Waals surface area contributed by atoms with Crippen molar-refractivity contribution < 1.29 is 8.42 Å².